The van der Waals surface area contributed by atoms with Crippen molar-refractivity contribution in [2.45, 2.75) is 57.5 Å². The summed E-state index contributed by atoms with van der Waals surface area (Å²) in [4.78, 5) is 37.9. The number of carbonyl (C=O) groups is 2. The van der Waals surface area contributed by atoms with Crippen LogP contribution in [0.3, 0.4) is 0 Å². The van der Waals surface area contributed by atoms with Crippen LogP contribution in [0.1, 0.15) is 72.1 Å². The second-order valence-electron chi connectivity index (χ2n) is 10.9. The van der Waals surface area contributed by atoms with Gasteiger partial charge in [-0.25, -0.2) is 9.78 Å². The maximum Gasteiger partial charge on any atom is 0.325 e. The molecule has 3 aliphatic heterocycles. The van der Waals surface area contributed by atoms with Gasteiger partial charge in [0, 0.05) is 48.3 Å². The van der Waals surface area contributed by atoms with Gasteiger partial charge in [-0.2, -0.15) is 0 Å². The topological polar surface area (TPSA) is 75.2 Å². The number of thiazole rings is 1. The van der Waals surface area contributed by atoms with Gasteiger partial charge in [-0.3, -0.25) is 9.69 Å². The van der Waals surface area contributed by atoms with E-state index in [0.29, 0.717) is 50.5 Å². The number of hydrogen-bond donors (Lipinski definition) is 0. The van der Waals surface area contributed by atoms with Crippen molar-refractivity contribution >= 4 is 28.8 Å². The Balaban J connectivity index is 1.27. The molecule has 2 saturated heterocycles. The average Bonchev–Trinajstić information content (AvgIpc) is 3.51. The van der Waals surface area contributed by atoms with E-state index in [1.807, 2.05) is 39.1 Å². The molecule has 3 amide bonds. The lowest BCUT2D eigenvalue weighted by Crippen LogP contribution is -2.54. The summed E-state index contributed by atoms with van der Waals surface area (Å²) in [6.07, 6.45) is 11.9. The zero-order valence-electron chi connectivity index (χ0n) is 23.6. The highest BCUT2D eigenvalue weighted by molar-refractivity contribution is 7.11. The predicted molar refractivity (Wildman–Crippen MR) is 156 cm³/mol. The van der Waals surface area contributed by atoms with Crippen LogP contribution in [0.25, 0.3) is 5.57 Å². The third-order valence-corrected chi connectivity index (χ3v) is 9.72. The van der Waals surface area contributed by atoms with Crippen molar-refractivity contribution in [3.05, 3.63) is 69.3 Å². The number of allylic oxidation sites excluding steroid dienone is 5. The first-order chi connectivity index (χ1) is 19.4. The summed E-state index contributed by atoms with van der Waals surface area (Å²) < 4.78 is 11.3. The van der Waals surface area contributed by atoms with E-state index in [4.69, 9.17) is 14.5 Å². The molecule has 0 unspecified atom stereocenters. The zero-order valence-corrected chi connectivity index (χ0v) is 24.4. The second kappa shape index (κ2) is 10.4. The number of likely N-dealkylation sites (tertiary alicyclic amines) is 1. The van der Waals surface area contributed by atoms with Crippen molar-refractivity contribution in [3.63, 3.8) is 0 Å². The van der Waals surface area contributed by atoms with Gasteiger partial charge in [-0.1, -0.05) is 31.2 Å². The molecule has 1 spiro atoms. The Morgan fingerprint density at radius 3 is 2.67 bits per heavy atom. The fourth-order valence-electron chi connectivity index (χ4n) is 6.81. The van der Waals surface area contributed by atoms with Crippen LogP contribution in [-0.4, -0.2) is 71.0 Å². The number of piperidine rings is 1. The molecule has 40 heavy (non-hydrogen) atoms. The molecule has 2 fully saturated rings. The minimum atomic E-state index is -0.442. The van der Waals surface area contributed by atoms with Crippen molar-refractivity contribution in [2.75, 3.05) is 33.9 Å². The molecule has 6 rings (SSSR count). The molecular weight excluding hydrogens is 524 g/mol. The molecular formula is C31H36N4O4S. The maximum atomic E-state index is 13.9. The van der Waals surface area contributed by atoms with E-state index in [1.165, 1.54) is 16.9 Å². The number of hydrogen-bond acceptors (Lipinski definition) is 6. The molecule has 2 aromatic rings. The molecule has 0 bridgehead atoms. The Hall–Kier alpha value is -3.59. The largest absolute Gasteiger partial charge is 0.497 e. The van der Waals surface area contributed by atoms with Gasteiger partial charge in [0.2, 0.25) is 0 Å². The van der Waals surface area contributed by atoms with Gasteiger partial charge < -0.3 is 19.3 Å². The summed E-state index contributed by atoms with van der Waals surface area (Å²) in [5, 5.41) is 2.81. The molecule has 0 saturated carbocycles. The van der Waals surface area contributed by atoms with Crippen LogP contribution in [-0.2, 0) is 6.54 Å². The van der Waals surface area contributed by atoms with Gasteiger partial charge in [0.15, 0.2) is 0 Å². The van der Waals surface area contributed by atoms with E-state index in [2.05, 4.69) is 31.2 Å². The van der Waals surface area contributed by atoms with Crippen molar-refractivity contribution in [1.29, 1.82) is 0 Å². The molecule has 8 nitrogen and oxygen atoms in total. The smallest absolute Gasteiger partial charge is 0.325 e. The van der Waals surface area contributed by atoms with Gasteiger partial charge in [0.25, 0.3) is 5.91 Å². The summed E-state index contributed by atoms with van der Waals surface area (Å²) in [5.41, 5.74) is 4.43. The van der Waals surface area contributed by atoms with Crippen LogP contribution in [0.4, 0.5) is 4.79 Å². The number of amides is 3. The Bertz CT molecular complexity index is 1430. The van der Waals surface area contributed by atoms with E-state index in [0.717, 1.165) is 40.4 Å². The third kappa shape index (κ3) is 4.22. The van der Waals surface area contributed by atoms with Crippen LogP contribution in [0.2, 0.25) is 0 Å². The minimum absolute atomic E-state index is 0.0225. The maximum absolute atomic E-state index is 13.9. The normalized spacial score (nSPS) is 21.6. The SMILES string of the molecule is CCN1C(=O)N2Cc3cc(OC)cc(OC)c3[C@@H](C)C=C2C12CCN(C(=O)c1csc(C3=CC=CCC3)n1)CC2. The summed E-state index contributed by atoms with van der Waals surface area (Å²) in [6, 6.07) is 3.95. The number of aromatic nitrogens is 1. The van der Waals surface area contributed by atoms with E-state index < -0.39 is 5.54 Å². The first kappa shape index (κ1) is 26.6. The molecule has 1 aliphatic carbocycles. The van der Waals surface area contributed by atoms with Gasteiger partial charge in [-0.15, -0.1) is 11.3 Å². The number of methoxy groups -OCH3 is 2. The van der Waals surface area contributed by atoms with E-state index >= 15 is 0 Å². The molecule has 9 heteroatoms. The molecule has 0 radical (unpaired) electrons. The van der Waals surface area contributed by atoms with E-state index in [-0.39, 0.29) is 17.9 Å². The first-order valence-corrected chi connectivity index (χ1v) is 14.9. The van der Waals surface area contributed by atoms with Gasteiger partial charge in [-0.05, 0) is 49.8 Å². The number of benzene rings is 1. The van der Waals surface area contributed by atoms with Crippen LogP contribution in [0, 0.1) is 0 Å². The fraction of sp³-hybridized carbons (Fsp3) is 0.452. The lowest BCUT2D eigenvalue weighted by molar-refractivity contribution is 0.0571. The highest BCUT2D eigenvalue weighted by Crippen LogP contribution is 2.49. The molecule has 1 aromatic carbocycles. The van der Waals surface area contributed by atoms with Gasteiger partial charge in [0.1, 0.15) is 22.2 Å². The number of carbonyl (C=O) groups excluding carboxylic acids is 2. The second-order valence-corrected chi connectivity index (χ2v) is 11.7. The summed E-state index contributed by atoms with van der Waals surface area (Å²) in [5.74, 6) is 1.51. The molecule has 4 aliphatic rings. The number of likely N-dealkylation sites (N-methyl/N-ethyl adjacent to an activating group) is 1. The van der Waals surface area contributed by atoms with Crippen LogP contribution in [0.5, 0.6) is 11.5 Å². The van der Waals surface area contributed by atoms with Crippen molar-refractivity contribution < 1.29 is 19.1 Å². The Morgan fingerprint density at radius 2 is 2.00 bits per heavy atom. The lowest BCUT2D eigenvalue weighted by Gasteiger charge is -2.44. The highest BCUT2D eigenvalue weighted by Gasteiger charge is 2.55. The number of nitrogens with zero attached hydrogens (tertiary/aromatic N) is 4. The zero-order chi connectivity index (χ0) is 28.0. The predicted octanol–water partition coefficient (Wildman–Crippen LogP) is 5.83. The van der Waals surface area contributed by atoms with Crippen LogP contribution >= 0.6 is 11.3 Å². The Morgan fingerprint density at radius 1 is 1.20 bits per heavy atom. The Labute approximate surface area is 239 Å². The standard InChI is InChI=1S/C31H36N4O4S/c1-5-35-30(37)34-18-22-16-23(38-3)17-25(39-4)27(22)20(2)15-26(34)31(35)11-13-33(14-12-31)29(36)24-19-40-28(32-24)21-9-7-6-8-10-21/h6-7,9,15-17,19-20H,5,8,10-14,18H2,1-4H3/t20-/m0/s1. The Kier molecular flexibility index (Phi) is 6.94. The van der Waals surface area contributed by atoms with E-state index in [9.17, 15) is 9.59 Å². The quantitative estimate of drug-likeness (QED) is 0.460. The highest BCUT2D eigenvalue weighted by atomic mass is 32.1. The first-order valence-electron chi connectivity index (χ1n) is 14.1. The van der Waals surface area contributed by atoms with Crippen molar-refractivity contribution in [3.8, 4) is 11.5 Å². The van der Waals surface area contributed by atoms with Crippen LogP contribution < -0.4 is 9.47 Å². The van der Waals surface area contributed by atoms with Gasteiger partial charge >= 0.3 is 6.03 Å². The molecule has 1 atom stereocenters. The summed E-state index contributed by atoms with van der Waals surface area (Å²) >= 11 is 1.54. The third-order valence-electron chi connectivity index (χ3n) is 8.80. The minimum Gasteiger partial charge on any atom is -0.497 e. The van der Waals surface area contributed by atoms with E-state index in [1.54, 1.807) is 14.2 Å². The molecule has 4 heterocycles. The average molecular weight is 561 g/mol. The van der Waals surface area contributed by atoms with Crippen LogP contribution in [0.15, 0.2) is 47.5 Å². The summed E-state index contributed by atoms with van der Waals surface area (Å²) in [6.45, 7) is 6.43. The fourth-order valence-corrected chi connectivity index (χ4v) is 7.66. The molecule has 210 valence electrons. The monoisotopic (exact) mass is 560 g/mol. The number of fused-ring (bicyclic) bond motifs is 3. The number of ether oxygens (including phenoxy) is 2. The number of urea groups is 1. The molecule has 0 N–H and O–H groups in total. The summed E-state index contributed by atoms with van der Waals surface area (Å²) in [7, 11) is 3.32. The number of rotatable bonds is 5. The van der Waals surface area contributed by atoms with Crippen molar-refractivity contribution in [1.82, 2.24) is 19.7 Å². The van der Waals surface area contributed by atoms with Crippen molar-refractivity contribution in [2.24, 2.45) is 0 Å². The van der Waals surface area contributed by atoms with Gasteiger partial charge in [0.05, 0.1) is 26.3 Å². The lowest BCUT2D eigenvalue weighted by atomic mass is 9.82. The molecule has 1 aromatic heterocycles.